The summed E-state index contributed by atoms with van der Waals surface area (Å²) in [6, 6.07) is -3.24. The average Bonchev–Trinajstić information content (AvgIpc) is 3.35. The first-order valence-electron chi connectivity index (χ1n) is 11.6. The Bertz CT molecular complexity index is 877. The highest BCUT2D eigenvalue weighted by Gasteiger charge is 2.71. The van der Waals surface area contributed by atoms with Crippen LogP contribution in [-0.2, 0) is 14.8 Å². The van der Waals surface area contributed by atoms with E-state index in [-0.39, 0.29) is 48.9 Å². The topological polar surface area (TPSA) is 101 Å². The van der Waals surface area contributed by atoms with Gasteiger partial charge in [0.1, 0.15) is 16.8 Å². The van der Waals surface area contributed by atoms with E-state index in [0.29, 0.717) is 45.2 Å². The van der Waals surface area contributed by atoms with Gasteiger partial charge in [0.15, 0.2) is 0 Å². The fraction of sp³-hybridized carbons (Fsp3) is 0.950. The molecule has 0 spiro atoms. The van der Waals surface area contributed by atoms with Crippen LogP contribution in [0.25, 0.3) is 0 Å². The molecule has 9 nitrogen and oxygen atoms in total. The number of halogens is 3. The monoisotopic (exact) mass is 497 g/mol. The highest BCUT2D eigenvalue weighted by atomic mass is 32.2. The maximum Gasteiger partial charge on any atom is 0.460 e. The number of hydrogen-bond acceptors (Lipinski definition) is 5. The summed E-state index contributed by atoms with van der Waals surface area (Å²) in [7, 11) is -3.28. The molecule has 1 amide bonds. The van der Waals surface area contributed by atoms with E-state index < -0.39 is 40.1 Å². The van der Waals surface area contributed by atoms with Crippen LogP contribution in [0.1, 0.15) is 32.1 Å². The predicted octanol–water partition coefficient (Wildman–Crippen LogP) is 0.834. The van der Waals surface area contributed by atoms with E-state index >= 15 is 0 Å². The van der Waals surface area contributed by atoms with Crippen LogP contribution in [0.4, 0.5) is 13.2 Å². The van der Waals surface area contributed by atoms with Crippen LogP contribution in [0.5, 0.6) is 0 Å². The molecule has 4 heterocycles. The van der Waals surface area contributed by atoms with Gasteiger partial charge < -0.3 is 10.0 Å². The molecule has 0 radical (unpaired) electrons. The molecule has 188 valence electrons. The van der Waals surface area contributed by atoms with Gasteiger partial charge >= 0.3 is 12.2 Å². The molecule has 0 bridgehead atoms. The number of fused-ring (bicyclic) bond motifs is 1. The molecule has 0 aromatic rings. The lowest BCUT2D eigenvalue weighted by Gasteiger charge is -2.39. The zero-order chi connectivity index (χ0) is 24.1. The lowest BCUT2D eigenvalue weighted by Crippen LogP contribution is -2.50. The predicted molar refractivity (Wildman–Crippen MR) is 111 cm³/mol. The Labute approximate surface area is 191 Å². The van der Waals surface area contributed by atoms with E-state index in [1.54, 1.807) is 0 Å². The summed E-state index contributed by atoms with van der Waals surface area (Å²) in [4.78, 5) is 27.3. The van der Waals surface area contributed by atoms with Crippen LogP contribution >= 0.6 is 0 Å². The Morgan fingerprint density at radius 1 is 1.06 bits per heavy atom. The lowest BCUT2D eigenvalue weighted by atomic mass is 9.74. The zero-order valence-corrected chi connectivity index (χ0v) is 19.5. The number of hydrazine groups is 1. The van der Waals surface area contributed by atoms with Crippen LogP contribution in [0.15, 0.2) is 0 Å². The van der Waals surface area contributed by atoms with Crippen LogP contribution in [0.2, 0.25) is 0 Å². The number of carbonyl (C=O) groups is 1. The largest absolute Gasteiger partial charge is 0.460 e. The van der Waals surface area contributed by atoms with Crippen molar-refractivity contribution in [3.8, 4) is 0 Å². The van der Waals surface area contributed by atoms with E-state index in [9.17, 15) is 36.4 Å². The number of nitroso groups, excluding NO2 is 1. The molecule has 4 aliphatic rings. The molecular weight excluding hydrogens is 465 g/mol. The second-order valence-corrected chi connectivity index (χ2v) is 11.9. The SMILES string of the molecule is CS(=O)(=O)N1CCC(C2CCN3C(C2)C(C(=O)N2CCC(CO)C2)C(C(F)(F)F)[N+]3=O)CC1. The van der Waals surface area contributed by atoms with Gasteiger partial charge in [-0.2, -0.15) is 13.2 Å². The molecule has 4 aliphatic heterocycles. The molecule has 33 heavy (non-hydrogen) atoms. The summed E-state index contributed by atoms with van der Waals surface area (Å²) < 4.78 is 66.9. The molecule has 0 saturated carbocycles. The van der Waals surface area contributed by atoms with E-state index in [1.807, 2.05) is 0 Å². The van der Waals surface area contributed by atoms with Crippen molar-refractivity contribution in [3.63, 3.8) is 0 Å². The molecule has 4 rings (SSSR count). The summed E-state index contributed by atoms with van der Waals surface area (Å²) in [6.45, 7) is 1.27. The Hall–Kier alpha value is -1.47. The van der Waals surface area contributed by atoms with Crippen molar-refractivity contribution < 1.29 is 36.4 Å². The first kappa shape index (κ1) is 24.6. The molecule has 5 unspecified atom stereocenters. The lowest BCUT2D eigenvalue weighted by molar-refractivity contribution is -0.735. The van der Waals surface area contributed by atoms with Gasteiger partial charge in [-0.25, -0.2) is 12.7 Å². The number of likely N-dealkylation sites (tertiary alicyclic amines) is 1. The van der Waals surface area contributed by atoms with Crippen molar-refractivity contribution in [1.29, 1.82) is 0 Å². The Kier molecular flexibility index (Phi) is 6.69. The molecule has 0 aromatic heterocycles. The van der Waals surface area contributed by atoms with E-state index in [0.717, 1.165) is 0 Å². The highest BCUT2D eigenvalue weighted by molar-refractivity contribution is 7.88. The van der Waals surface area contributed by atoms with Gasteiger partial charge in [-0.1, -0.05) is 0 Å². The smallest absolute Gasteiger partial charge is 0.396 e. The molecular formula is C20H32F3N4O5S+. The number of amides is 1. The quantitative estimate of drug-likeness (QED) is 0.578. The van der Waals surface area contributed by atoms with Gasteiger partial charge in [0.2, 0.25) is 15.9 Å². The van der Waals surface area contributed by atoms with Gasteiger partial charge in [-0.05, 0) is 43.9 Å². The molecule has 5 atom stereocenters. The summed E-state index contributed by atoms with van der Waals surface area (Å²) in [5.41, 5.74) is 0. The highest BCUT2D eigenvalue weighted by Crippen LogP contribution is 2.46. The van der Waals surface area contributed by atoms with Gasteiger partial charge in [-0.3, -0.25) is 4.79 Å². The summed E-state index contributed by atoms with van der Waals surface area (Å²) >= 11 is 0. The molecule has 4 saturated heterocycles. The number of carbonyl (C=O) groups excluding carboxylic acids is 1. The summed E-state index contributed by atoms with van der Waals surface area (Å²) in [5, 5.41) is 10.5. The van der Waals surface area contributed by atoms with E-state index in [1.165, 1.54) is 20.5 Å². The van der Waals surface area contributed by atoms with Crippen LogP contribution in [0, 0.1) is 28.6 Å². The third-order valence-corrected chi connectivity index (χ3v) is 9.32. The number of aliphatic hydroxyl groups is 1. The number of hydrogen-bond donors (Lipinski definition) is 1. The number of rotatable bonds is 4. The Balaban J connectivity index is 1.52. The van der Waals surface area contributed by atoms with Crippen molar-refractivity contribution in [1.82, 2.24) is 14.2 Å². The number of aliphatic hydroxyl groups excluding tert-OH is 1. The van der Waals surface area contributed by atoms with Gasteiger partial charge in [0.05, 0.1) is 17.7 Å². The molecule has 0 aliphatic carbocycles. The Morgan fingerprint density at radius 2 is 1.70 bits per heavy atom. The zero-order valence-electron chi connectivity index (χ0n) is 18.7. The van der Waals surface area contributed by atoms with Gasteiger partial charge in [-0.15, -0.1) is 5.01 Å². The number of sulfonamides is 1. The van der Waals surface area contributed by atoms with Crippen molar-refractivity contribution >= 4 is 15.9 Å². The van der Waals surface area contributed by atoms with Crippen LogP contribution < -0.4 is 0 Å². The van der Waals surface area contributed by atoms with Gasteiger partial charge in [0.25, 0.3) is 0 Å². The minimum Gasteiger partial charge on any atom is -0.396 e. The van der Waals surface area contributed by atoms with E-state index in [4.69, 9.17) is 0 Å². The summed E-state index contributed by atoms with van der Waals surface area (Å²) in [6.07, 6.45) is -1.05. The fourth-order valence-corrected chi connectivity index (χ4v) is 7.10. The minimum atomic E-state index is -4.84. The van der Waals surface area contributed by atoms with Crippen molar-refractivity contribution in [2.24, 2.45) is 23.7 Å². The normalized spacial score (nSPS) is 34.7. The maximum absolute atomic E-state index is 14.0. The third kappa shape index (κ3) is 4.72. The van der Waals surface area contributed by atoms with Gasteiger partial charge in [0, 0.05) is 38.7 Å². The number of nitrogens with zero attached hydrogens (tertiary/aromatic N) is 4. The molecule has 13 heteroatoms. The average molecular weight is 498 g/mol. The second kappa shape index (κ2) is 8.95. The van der Waals surface area contributed by atoms with Crippen molar-refractivity contribution in [2.75, 3.05) is 45.6 Å². The number of piperidine rings is 2. The molecule has 4 fully saturated rings. The maximum atomic E-state index is 14.0. The van der Waals surface area contributed by atoms with Crippen molar-refractivity contribution in [2.45, 2.75) is 50.4 Å². The minimum absolute atomic E-state index is 0.0185. The fourth-order valence-electron chi connectivity index (χ4n) is 6.23. The Morgan fingerprint density at radius 3 is 2.24 bits per heavy atom. The molecule has 1 N–H and O–H groups in total. The van der Waals surface area contributed by atoms with Crippen LogP contribution in [0.3, 0.4) is 0 Å². The molecule has 0 aromatic carbocycles. The first-order chi connectivity index (χ1) is 15.4. The first-order valence-corrected chi connectivity index (χ1v) is 13.4. The summed E-state index contributed by atoms with van der Waals surface area (Å²) in [5.74, 6) is -2.13. The third-order valence-electron chi connectivity index (χ3n) is 8.01. The number of alkyl halides is 3. The second-order valence-electron chi connectivity index (χ2n) is 9.95. The van der Waals surface area contributed by atoms with E-state index in [2.05, 4.69) is 0 Å². The van der Waals surface area contributed by atoms with Crippen molar-refractivity contribution in [3.05, 3.63) is 4.91 Å². The van der Waals surface area contributed by atoms with Crippen LogP contribution in [-0.4, -0.2) is 102 Å². The standard InChI is InChI=1S/C20H32F3N4O5S/c1-33(31,32)25-7-3-14(4-8-25)15-5-9-26-16(10-15)17(18(27(26)30)20(21,22)23)19(29)24-6-2-13(11-24)12-28/h13-18,28H,2-12H2,1H3/q+1.